The quantitative estimate of drug-likeness (QED) is 0.590. The van der Waals surface area contributed by atoms with Gasteiger partial charge in [0.2, 0.25) is 0 Å². The zero-order chi connectivity index (χ0) is 13.0. The van der Waals surface area contributed by atoms with Crippen molar-refractivity contribution in [1.82, 2.24) is 4.90 Å². The van der Waals surface area contributed by atoms with E-state index in [1.807, 2.05) is 0 Å². The van der Waals surface area contributed by atoms with E-state index < -0.39 is 6.09 Å². The monoisotopic (exact) mass is 251 g/mol. The summed E-state index contributed by atoms with van der Waals surface area (Å²) in [6, 6.07) is 0. The van der Waals surface area contributed by atoms with Crippen LogP contribution in [0.1, 0.15) is 25.7 Å². The van der Waals surface area contributed by atoms with Crippen molar-refractivity contribution in [3.63, 3.8) is 0 Å². The fourth-order valence-corrected chi connectivity index (χ4v) is 2.40. The molecule has 2 aliphatic rings. The number of carboxylic acid groups (broad SMARTS) is 1. The summed E-state index contributed by atoms with van der Waals surface area (Å²) < 4.78 is 5.89. The van der Waals surface area contributed by atoms with Crippen LogP contribution in [0.4, 0.5) is 4.79 Å². The first-order valence-electron chi connectivity index (χ1n) is 6.27. The number of hydrogen-bond donors (Lipinski definition) is 1. The Balaban J connectivity index is 1.65. The molecule has 2 fully saturated rings. The van der Waals surface area contributed by atoms with Gasteiger partial charge in [0.1, 0.15) is 0 Å². The number of piperidine rings is 1. The Morgan fingerprint density at radius 2 is 1.94 bits per heavy atom. The van der Waals surface area contributed by atoms with Crippen molar-refractivity contribution in [3.05, 3.63) is 0 Å². The van der Waals surface area contributed by atoms with Crippen LogP contribution in [0.2, 0.25) is 0 Å². The summed E-state index contributed by atoms with van der Waals surface area (Å²) in [6.07, 6.45) is 3.50. The Morgan fingerprint density at radius 3 is 2.50 bits per heavy atom. The van der Waals surface area contributed by atoms with Crippen LogP contribution in [0, 0.1) is 17.8 Å². The minimum Gasteiger partial charge on any atom is -0.465 e. The van der Waals surface area contributed by atoms with E-state index in [-0.39, 0.29) is 12.2 Å². The summed E-state index contributed by atoms with van der Waals surface area (Å²) in [6.45, 7) is 1.11. The van der Waals surface area contributed by atoms with E-state index in [0.717, 1.165) is 25.7 Å². The third-order valence-electron chi connectivity index (χ3n) is 3.54. The Kier molecular flexibility index (Phi) is 4.21. The predicted octanol–water partition coefficient (Wildman–Crippen LogP) is 1.13. The highest BCUT2D eigenvalue weighted by Crippen LogP contribution is 2.31. The lowest BCUT2D eigenvalue weighted by atomic mass is 9.82. The Morgan fingerprint density at radius 1 is 1.28 bits per heavy atom. The highest BCUT2D eigenvalue weighted by Gasteiger charge is 2.32. The van der Waals surface area contributed by atoms with Crippen molar-refractivity contribution in [2.45, 2.75) is 37.9 Å². The molecule has 0 bridgehead atoms. The maximum atomic E-state index is 10.7. The van der Waals surface area contributed by atoms with Crippen molar-refractivity contribution in [3.8, 4) is 11.8 Å². The largest absolute Gasteiger partial charge is 0.465 e. The van der Waals surface area contributed by atoms with Crippen LogP contribution < -0.4 is 0 Å². The van der Waals surface area contributed by atoms with Crippen LogP contribution in [0.15, 0.2) is 0 Å². The number of carbonyl (C=O) groups is 2. The molecule has 1 aliphatic heterocycles. The van der Waals surface area contributed by atoms with Gasteiger partial charge >= 0.3 is 6.09 Å². The summed E-state index contributed by atoms with van der Waals surface area (Å²) >= 11 is 0. The summed E-state index contributed by atoms with van der Waals surface area (Å²) in [5.74, 6) is 5.60. The van der Waals surface area contributed by atoms with Gasteiger partial charge in [0.05, 0.1) is 12.2 Å². The van der Waals surface area contributed by atoms with Crippen molar-refractivity contribution in [1.29, 1.82) is 0 Å². The van der Waals surface area contributed by atoms with Gasteiger partial charge in [0, 0.05) is 19.0 Å². The third kappa shape index (κ3) is 3.23. The third-order valence-corrected chi connectivity index (χ3v) is 3.54. The van der Waals surface area contributed by atoms with Crippen LogP contribution in [0.3, 0.4) is 0 Å². The lowest BCUT2D eigenvalue weighted by Gasteiger charge is -2.37. The first-order chi connectivity index (χ1) is 8.69. The molecule has 0 unspecified atom stereocenters. The van der Waals surface area contributed by atoms with Gasteiger partial charge in [-0.15, -0.1) is 0 Å². The van der Waals surface area contributed by atoms with E-state index >= 15 is 0 Å². The number of ether oxygens (including phenoxy) is 1. The average molecular weight is 251 g/mol. The Labute approximate surface area is 106 Å². The second-order valence-electron chi connectivity index (χ2n) is 4.80. The summed E-state index contributed by atoms with van der Waals surface area (Å²) in [5, 5.41) is 8.82. The minimum absolute atomic E-state index is 0.172. The molecular weight excluding hydrogens is 234 g/mol. The molecule has 1 amide bonds. The molecule has 5 nitrogen and oxygen atoms in total. The zero-order valence-corrected chi connectivity index (χ0v) is 10.2. The van der Waals surface area contributed by atoms with Gasteiger partial charge in [0.15, 0.2) is 6.29 Å². The number of rotatable bonds is 2. The molecule has 1 heterocycles. The molecule has 1 aliphatic carbocycles. The van der Waals surface area contributed by atoms with E-state index in [1.54, 1.807) is 0 Å². The number of aldehydes is 1. The lowest BCUT2D eigenvalue weighted by Crippen LogP contribution is -2.43. The maximum Gasteiger partial charge on any atom is 0.407 e. The molecule has 5 heteroatoms. The standard InChI is InChI=1S/C13H17NO4/c15-7-1-2-10-8-12(9-10)18-11-3-5-14(6-4-11)13(16)17/h7,10-12H,3-6,8-9H2,(H,16,17)/t10-,12-. The van der Waals surface area contributed by atoms with Gasteiger partial charge in [-0.3, -0.25) is 4.79 Å². The molecule has 2 rings (SSSR count). The minimum atomic E-state index is -0.846. The van der Waals surface area contributed by atoms with Gasteiger partial charge < -0.3 is 14.7 Å². The summed E-state index contributed by atoms with van der Waals surface area (Å²) in [4.78, 5) is 22.2. The molecule has 0 radical (unpaired) electrons. The van der Waals surface area contributed by atoms with E-state index in [2.05, 4.69) is 11.8 Å². The van der Waals surface area contributed by atoms with Gasteiger partial charge in [-0.25, -0.2) is 4.79 Å². The molecular formula is C13H17NO4. The molecule has 0 aromatic rings. The van der Waals surface area contributed by atoms with Crippen LogP contribution in [-0.4, -0.2) is 47.7 Å². The van der Waals surface area contributed by atoms with E-state index in [9.17, 15) is 9.59 Å². The van der Waals surface area contributed by atoms with Gasteiger partial charge in [-0.1, -0.05) is 5.92 Å². The van der Waals surface area contributed by atoms with Crippen molar-refractivity contribution in [2.24, 2.45) is 5.92 Å². The number of likely N-dealkylation sites (tertiary alicyclic amines) is 1. The molecule has 0 aromatic heterocycles. The first kappa shape index (κ1) is 12.9. The van der Waals surface area contributed by atoms with Crippen molar-refractivity contribution in [2.75, 3.05) is 13.1 Å². The predicted molar refractivity (Wildman–Crippen MR) is 64.1 cm³/mol. The zero-order valence-electron chi connectivity index (χ0n) is 10.2. The summed E-state index contributed by atoms with van der Waals surface area (Å²) in [5.41, 5.74) is 0. The molecule has 1 N–H and O–H groups in total. The van der Waals surface area contributed by atoms with Crippen LogP contribution >= 0.6 is 0 Å². The Hall–Kier alpha value is -1.54. The average Bonchev–Trinajstić information content (AvgIpc) is 2.32. The molecule has 1 saturated carbocycles. The second kappa shape index (κ2) is 5.87. The molecule has 0 atom stereocenters. The molecule has 0 aromatic carbocycles. The summed E-state index contributed by atoms with van der Waals surface area (Å²) in [7, 11) is 0. The molecule has 1 saturated heterocycles. The van der Waals surface area contributed by atoms with Crippen LogP contribution in [0.25, 0.3) is 0 Å². The Bertz CT molecular complexity index is 370. The molecule has 98 valence electrons. The SMILES string of the molecule is O=CC#C[C@H]1C[C@H](OC2CCN(C(=O)O)CC2)C1. The van der Waals surface area contributed by atoms with E-state index in [0.29, 0.717) is 25.3 Å². The lowest BCUT2D eigenvalue weighted by molar-refractivity contribution is -0.103. The van der Waals surface area contributed by atoms with Crippen LogP contribution in [0.5, 0.6) is 0 Å². The highest BCUT2D eigenvalue weighted by atomic mass is 16.5. The van der Waals surface area contributed by atoms with Crippen LogP contribution in [-0.2, 0) is 9.53 Å². The smallest absolute Gasteiger partial charge is 0.407 e. The van der Waals surface area contributed by atoms with E-state index in [4.69, 9.17) is 9.84 Å². The first-order valence-corrected chi connectivity index (χ1v) is 6.27. The fraction of sp³-hybridized carbons (Fsp3) is 0.692. The second-order valence-corrected chi connectivity index (χ2v) is 4.80. The topological polar surface area (TPSA) is 66.8 Å². The number of amides is 1. The normalized spacial score (nSPS) is 27.9. The van der Waals surface area contributed by atoms with Crippen molar-refractivity contribution < 1.29 is 19.4 Å². The molecule has 18 heavy (non-hydrogen) atoms. The highest BCUT2D eigenvalue weighted by molar-refractivity contribution is 5.72. The van der Waals surface area contributed by atoms with Gasteiger partial charge in [0.25, 0.3) is 0 Å². The number of carbonyl (C=O) groups excluding carboxylic acids is 1. The van der Waals surface area contributed by atoms with Crippen molar-refractivity contribution >= 4 is 12.4 Å². The van der Waals surface area contributed by atoms with E-state index in [1.165, 1.54) is 4.90 Å². The fourth-order valence-electron chi connectivity index (χ4n) is 2.40. The molecule has 0 spiro atoms. The van der Waals surface area contributed by atoms with Gasteiger partial charge in [-0.05, 0) is 31.6 Å². The van der Waals surface area contributed by atoms with Gasteiger partial charge in [-0.2, -0.15) is 0 Å². The number of nitrogens with zero attached hydrogens (tertiary/aromatic N) is 1. The maximum absolute atomic E-state index is 10.7. The number of hydrogen-bond acceptors (Lipinski definition) is 3.